The highest BCUT2D eigenvalue weighted by Gasteiger charge is 2.47. The maximum Gasteiger partial charge on any atom is 0.523 e. The second kappa shape index (κ2) is 8.44. The fraction of sp³-hybridized carbons (Fsp3) is 0.368. The van der Waals surface area contributed by atoms with E-state index in [1.807, 2.05) is 81.4 Å². The number of alkyl halides is 3. The number of halogens is 3. The van der Waals surface area contributed by atoms with E-state index in [2.05, 4.69) is 4.18 Å². The summed E-state index contributed by atoms with van der Waals surface area (Å²) in [6.45, 7) is 4.90. The molecule has 2 aromatic rings. The average molecular weight is 437 g/mol. The van der Waals surface area contributed by atoms with Crippen LogP contribution in [0.2, 0.25) is 0 Å². The first kappa shape index (κ1) is 22.7. The summed E-state index contributed by atoms with van der Waals surface area (Å²) in [5.41, 5.74) is -5.46. The van der Waals surface area contributed by atoms with Crippen LogP contribution >= 0.6 is 10.3 Å². The van der Waals surface area contributed by atoms with Crippen molar-refractivity contribution in [3.8, 4) is 0 Å². The standard InChI is InChI=1S/C19H23F3O4S2/c1-18(2,3)27(16-10-6-4-7-11-16,17-12-8-5-9-13-17)25-14-15-26-28(23,24)19(20,21)22/h4-13H,14-15H2,1-3H3. The Morgan fingerprint density at radius 1 is 0.750 bits per heavy atom. The summed E-state index contributed by atoms with van der Waals surface area (Å²) < 4.78 is 69.5. The van der Waals surface area contributed by atoms with Gasteiger partial charge in [0, 0.05) is 14.5 Å². The first-order valence-electron chi connectivity index (χ1n) is 8.45. The van der Waals surface area contributed by atoms with Gasteiger partial charge in [-0.05, 0) is 45.0 Å². The van der Waals surface area contributed by atoms with Gasteiger partial charge < -0.3 is 4.18 Å². The van der Waals surface area contributed by atoms with Crippen molar-refractivity contribution >= 4 is 20.4 Å². The van der Waals surface area contributed by atoms with Crippen molar-refractivity contribution in [1.82, 2.24) is 0 Å². The lowest BCUT2D eigenvalue weighted by atomic mass is 10.3. The van der Waals surface area contributed by atoms with Gasteiger partial charge in [-0.3, -0.25) is 4.18 Å². The average Bonchev–Trinajstić information content (AvgIpc) is 2.61. The molecule has 0 N–H and O–H groups in total. The molecule has 4 nitrogen and oxygen atoms in total. The Labute approximate surface area is 165 Å². The van der Waals surface area contributed by atoms with E-state index < -0.39 is 37.3 Å². The van der Waals surface area contributed by atoms with Crippen LogP contribution in [-0.4, -0.2) is 31.9 Å². The quantitative estimate of drug-likeness (QED) is 0.326. The molecule has 0 aliphatic carbocycles. The van der Waals surface area contributed by atoms with E-state index in [0.717, 1.165) is 9.79 Å². The topological polar surface area (TPSA) is 52.6 Å². The van der Waals surface area contributed by atoms with Gasteiger partial charge in [0.05, 0.1) is 13.2 Å². The molecule has 156 valence electrons. The Kier molecular flexibility index (Phi) is 6.86. The Morgan fingerprint density at radius 3 is 1.50 bits per heavy atom. The molecule has 9 heteroatoms. The molecule has 0 heterocycles. The molecule has 0 amide bonds. The fourth-order valence-corrected chi connectivity index (χ4v) is 6.88. The van der Waals surface area contributed by atoms with Gasteiger partial charge in [0.25, 0.3) is 0 Å². The molecule has 0 aromatic heterocycles. The number of hydrogen-bond donors (Lipinski definition) is 0. The van der Waals surface area contributed by atoms with Crippen molar-refractivity contribution in [2.24, 2.45) is 0 Å². The highest BCUT2D eigenvalue weighted by molar-refractivity contribution is 8.31. The lowest BCUT2D eigenvalue weighted by Crippen LogP contribution is -2.30. The van der Waals surface area contributed by atoms with E-state index >= 15 is 0 Å². The van der Waals surface area contributed by atoms with E-state index in [-0.39, 0.29) is 6.61 Å². The summed E-state index contributed by atoms with van der Waals surface area (Å²) >= 11 is 0. The van der Waals surface area contributed by atoms with Gasteiger partial charge in [0.1, 0.15) is 0 Å². The Morgan fingerprint density at radius 2 is 1.14 bits per heavy atom. The van der Waals surface area contributed by atoms with Gasteiger partial charge in [-0.15, -0.1) is 0 Å². The largest absolute Gasteiger partial charge is 0.523 e. The number of benzene rings is 2. The zero-order valence-electron chi connectivity index (χ0n) is 15.8. The van der Waals surface area contributed by atoms with Gasteiger partial charge >= 0.3 is 15.6 Å². The summed E-state index contributed by atoms with van der Waals surface area (Å²) in [6, 6.07) is 18.8. The molecular weight excluding hydrogens is 413 g/mol. The molecule has 0 unspecified atom stereocenters. The zero-order chi connectivity index (χ0) is 21.1. The summed E-state index contributed by atoms with van der Waals surface area (Å²) in [7, 11) is -7.83. The molecule has 0 aliphatic rings. The molecule has 0 atom stereocenters. The van der Waals surface area contributed by atoms with Crippen molar-refractivity contribution in [2.45, 2.75) is 40.8 Å². The van der Waals surface area contributed by atoms with Gasteiger partial charge in [0.15, 0.2) is 0 Å². The van der Waals surface area contributed by atoms with Gasteiger partial charge in [-0.25, -0.2) is 0 Å². The molecule has 0 saturated heterocycles. The third-order valence-electron chi connectivity index (χ3n) is 3.88. The van der Waals surface area contributed by atoms with Gasteiger partial charge in [-0.2, -0.15) is 21.6 Å². The number of rotatable bonds is 7. The molecule has 0 radical (unpaired) electrons. The van der Waals surface area contributed by atoms with E-state index in [9.17, 15) is 21.6 Å². The summed E-state index contributed by atoms with van der Waals surface area (Å²) in [6.07, 6.45) is 0. The van der Waals surface area contributed by atoms with Crippen LogP contribution in [0.4, 0.5) is 13.2 Å². The number of hydrogen-bond acceptors (Lipinski definition) is 4. The second-order valence-corrected chi connectivity index (χ2v) is 12.0. The predicted octanol–water partition coefficient (Wildman–Crippen LogP) is 5.51. The molecule has 2 rings (SSSR count). The highest BCUT2D eigenvalue weighted by atomic mass is 32.3. The highest BCUT2D eigenvalue weighted by Crippen LogP contribution is 2.71. The summed E-state index contributed by atoms with van der Waals surface area (Å²) in [4.78, 5) is 1.76. The SMILES string of the molecule is CC(C)(C)S(OCCOS(=O)(=O)C(F)(F)F)(c1ccccc1)c1ccccc1. The summed E-state index contributed by atoms with van der Waals surface area (Å²) in [5.74, 6) is 0. The molecule has 0 aliphatic heterocycles. The monoisotopic (exact) mass is 436 g/mol. The first-order valence-corrected chi connectivity index (χ1v) is 11.4. The van der Waals surface area contributed by atoms with Crippen molar-refractivity contribution < 1.29 is 30.0 Å². The first-order chi connectivity index (χ1) is 12.9. The van der Waals surface area contributed by atoms with Crippen LogP contribution in [0.5, 0.6) is 0 Å². The van der Waals surface area contributed by atoms with Crippen LogP contribution in [-0.2, 0) is 18.5 Å². The minimum absolute atomic E-state index is 0.314. The predicted molar refractivity (Wildman–Crippen MR) is 104 cm³/mol. The molecule has 2 aromatic carbocycles. The molecule has 0 bridgehead atoms. The zero-order valence-corrected chi connectivity index (χ0v) is 17.4. The smallest absolute Gasteiger partial charge is 0.325 e. The molecule has 0 spiro atoms. The van der Waals surface area contributed by atoms with Crippen molar-refractivity contribution in [3.05, 3.63) is 60.7 Å². The third kappa shape index (κ3) is 4.71. The molecular formula is C19H23F3O4S2. The van der Waals surface area contributed by atoms with E-state index in [0.29, 0.717) is 0 Å². The van der Waals surface area contributed by atoms with Gasteiger partial charge in [-0.1, -0.05) is 46.7 Å². The van der Waals surface area contributed by atoms with Crippen LogP contribution in [0.15, 0.2) is 70.5 Å². The normalized spacial score (nSPS) is 14.1. The Hall–Kier alpha value is -1.55. The molecule has 0 fully saturated rings. The minimum atomic E-state index is -5.65. The van der Waals surface area contributed by atoms with Gasteiger partial charge in [0.2, 0.25) is 0 Å². The van der Waals surface area contributed by atoms with Crippen molar-refractivity contribution in [2.75, 3.05) is 13.2 Å². The van der Waals surface area contributed by atoms with E-state index in [1.165, 1.54) is 0 Å². The minimum Gasteiger partial charge on any atom is -0.325 e. The van der Waals surface area contributed by atoms with Crippen LogP contribution < -0.4 is 0 Å². The third-order valence-corrected chi connectivity index (χ3v) is 9.04. The van der Waals surface area contributed by atoms with E-state index in [4.69, 9.17) is 4.18 Å². The lowest BCUT2D eigenvalue weighted by molar-refractivity contribution is -0.0546. The van der Waals surface area contributed by atoms with Crippen LogP contribution in [0, 0.1) is 0 Å². The maximum atomic E-state index is 12.5. The molecule has 0 saturated carbocycles. The Balaban J connectivity index is 2.37. The Bertz CT molecular complexity index is 822. The summed E-state index contributed by atoms with van der Waals surface area (Å²) in [5, 5.41) is 0. The van der Waals surface area contributed by atoms with Crippen molar-refractivity contribution in [3.63, 3.8) is 0 Å². The maximum absolute atomic E-state index is 12.5. The van der Waals surface area contributed by atoms with Crippen molar-refractivity contribution in [1.29, 1.82) is 0 Å². The second-order valence-electron chi connectivity index (χ2n) is 6.84. The van der Waals surface area contributed by atoms with E-state index in [1.54, 1.807) is 0 Å². The van der Waals surface area contributed by atoms with Crippen LogP contribution in [0.1, 0.15) is 20.8 Å². The lowest BCUT2D eigenvalue weighted by Gasteiger charge is -2.50. The van der Waals surface area contributed by atoms with Crippen LogP contribution in [0.3, 0.4) is 0 Å². The fourth-order valence-electron chi connectivity index (χ4n) is 2.75. The molecule has 28 heavy (non-hydrogen) atoms. The van der Waals surface area contributed by atoms with Crippen LogP contribution in [0.25, 0.3) is 0 Å².